The van der Waals surface area contributed by atoms with Gasteiger partial charge in [-0.1, -0.05) is 6.07 Å². The van der Waals surface area contributed by atoms with Crippen molar-refractivity contribution in [2.24, 2.45) is 23.2 Å². The van der Waals surface area contributed by atoms with Crippen molar-refractivity contribution in [1.29, 1.82) is 0 Å². The molecule has 4 aliphatic carbocycles. The molecular weight excluding hydrogens is 294 g/mol. The summed E-state index contributed by atoms with van der Waals surface area (Å²) in [6.07, 6.45) is 6.57. The fourth-order valence-electron chi connectivity index (χ4n) is 5.46. The summed E-state index contributed by atoms with van der Waals surface area (Å²) in [5.41, 5.74) is -0.306. The molecule has 4 bridgehead atoms. The number of carbonyl (C=O) groups is 2. The highest BCUT2D eigenvalue weighted by Crippen LogP contribution is 2.60. The fourth-order valence-corrected chi connectivity index (χ4v) is 5.46. The summed E-state index contributed by atoms with van der Waals surface area (Å²) in [5, 5.41) is 22.0. The summed E-state index contributed by atoms with van der Waals surface area (Å²) in [7, 11) is 0. The molecule has 5 heteroatoms. The number of carboxylic acid groups (broad SMARTS) is 1. The molecule has 1 aromatic rings. The lowest BCUT2D eigenvalue weighted by Gasteiger charge is -2.55. The first-order valence-corrected chi connectivity index (χ1v) is 8.33. The van der Waals surface area contributed by atoms with Crippen molar-refractivity contribution in [3.05, 3.63) is 23.8 Å². The molecule has 23 heavy (non-hydrogen) atoms. The van der Waals surface area contributed by atoms with E-state index < -0.39 is 5.97 Å². The number of aromatic hydroxyl groups is 1. The van der Waals surface area contributed by atoms with Crippen molar-refractivity contribution >= 4 is 17.6 Å². The highest BCUT2D eigenvalue weighted by Gasteiger charge is 2.54. The average molecular weight is 315 g/mol. The number of rotatable bonds is 3. The predicted molar refractivity (Wildman–Crippen MR) is 84.3 cm³/mol. The Balaban J connectivity index is 1.59. The maximum absolute atomic E-state index is 12.9. The molecule has 1 aromatic carbocycles. The van der Waals surface area contributed by atoms with Crippen LogP contribution in [0.5, 0.6) is 5.75 Å². The predicted octanol–water partition coefficient (Wildman–Crippen LogP) is 3.25. The van der Waals surface area contributed by atoms with Gasteiger partial charge in [-0.3, -0.25) is 4.79 Å². The normalized spacial score (nSPS) is 34.3. The van der Waals surface area contributed by atoms with Crippen LogP contribution in [0.1, 0.15) is 48.9 Å². The van der Waals surface area contributed by atoms with Crippen LogP contribution < -0.4 is 5.32 Å². The van der Waals surface area contributed by atoms with E-state index in [-0.39, 0.29) is 28.3 Å². The summed E-state index contributed by atoms with van der Waals surface area (Å²) >= 11 is 0. The molecule has 3 N–H and O–H groups in total. The Morgan fingerprint density at radius 3 is 2.13 bits per heavy atom. The zero-order valence-corrected chi connectivity index (χ0v) is 12.9. The van der Waals surface area contributed by atoms with E-state index in [2.05, 4.69) is 5.32 Å². The number of anilines is 1. The van der Waals surface area contributed by atoms with Crippen molar-refractivity contribution in [3.63, 3.8) is 0 Å². The molecule has 5 nitrogen and oxygen atoms in total. The third-order valence-corrected chi connectivity index (χ3v) is 6.03. The minimum Gasteiger partial charge on any atom is -0.505 e. The molecule has 0 aromatic heterocycles. The first-order valence-electron chi connectivity index (χ1n) is 8.33. The highest BCUT2D eigenvalue weighted by atomic mass is 16.4. The number of para-hydroxylation sites is 1. The van der Waals surface area contributed by atoms with Crippen LogP contribution in [0, 0.1) is 23.2 Å². The van der Waals surface area contributed by atoms with Crippen LogP contribution in [0.2, 0.25) is 0 Å². The lowest BCUT2D eigenvalue weighted by atomic mass is 9.49. The summed E-state index contributed by atoms with van der Waals surface area (Å²) < 4.78 is 0. The molecule has 4 aliphatic rings. The van der Waals surface area contributed by atoms with Gasteiger partial charge in [0.05, 0.1) is 11.1 Å². The van der Waals surface area contributed by atoms with Gasteiger partial charge in [0.2, 0.25) is 5.91 Å². The topological polar surface area (TPSA) is 86.6 Å². The Bertz CT molecular complexity index is 646. The molecule has 0 atom stereocenters. The minimum atomic E-state index is -1.20. The number of aromatic carboxylic acids is 1. The van der Waals surface area contributed by atoms with Crippen molar-refractivity contribution < 1.29 is 19.8 Å². The van der Waals surface area contributed by atoms with Gasteiger partial charge >= 0.3 is 5.97 Å². The van der Waals surface area contributed by atoms with Crippen LogP contribution in [0.3, 0.4) is 0 Å². The monoisotopic (exact) mass is 315 g/mol. The number of hydrogen-bond donors (Lipinski definition) is 3. The first-order chi connectivity index (χ1) is 11.0. The molecule has 4 fully saturated rings. The Hall–Kier alpha value is -2.04. The summed E-state index contributed by atoms with van der Waals surface area (Å²) in [6.45, 7) is 0. The van der Waals surface area contributed by atoms with Crippen LogP contribution in [0.15, 0.2) is 18.2 Å². The van der Waals surface area contributed by atoms with Crippen LogP contribution >= 0.6 is 0 Å². The Morgan fingerprint density at radius 2 is 1.61 bits per heavy atom. The summed E-state index contributed by atoms with van der Waals surface area (Å²) in [5.74, 6) is 0.365. The largest absolute Gasteiger partial charge is 0.505 e. The molecule has 0 aliphatic heterocycles. The SMILES string of the molecule is O=C(O)c1cccc(NC(=O)C23CC4CC(CC(C4)C2)C3)c1O. The van der Waals surface area contributed by atoms with Gasteiger partial charge in [0.25, 0.3) is 0 Å². The second-order valence-corrected chi connectivity index (χ2v) is 7.66. The number of benzene rings is 1. The standard InChI is InChI=1S/C18H21NO4/c20-15-13(16(21)22)2-1-3-14(15)19-17(23)18-7-10-4-11(8-18)6-12(5-10)9-18/h1-3,10-12,20H,4-9H2,(H,19,23)(H,21,22). The molecular formula is C18H21NO4. The summed E-state index contributed by atoms with van der Waals surface area (Å²) in [6, 6.07) is 4.43. The molecule has 0 heterocycles. The number of hydrogen-bond acceptors (Lipinski definition) is 3. The maximum Gasteiger partial charge on any atom is 0.339 e. The molecule has 1 amide bonds. The first kappa shape index (κ1) is 14.5. The van der Waals surface area contributed by atoms with E-state index in [1.54, 1.807) is 12.1 Å². The Morgan fingerprint density at radius 1 is 1.04 bits per heavy atom. The lowest BCUT2D eigenvalue weighted by molar-refractivity contribution is -0.140. The van der Waals surface area contributed by atoms with Gasteiger partial charge in [0.1, 0.15) is 5.56 Å². The number of phenols is 1. The molecule has 122 valence electrons. The van der Waals surface area contributed by atoms with E-state index in [4.69, 9.17) is 5.11 Å². The van der Waals surface area contributed by atoms with E-state index in [1.807, 2.05) is 0 Å². The zero-order valence-electron chi connectivity index (χ0n) is 12.9. The quantitative estimate of drug-likeness (QED) is 0.747. The second kappa shape index (κ2) is 4.98. The van der Waals surface area contributed by atoms with E-state index in [0.29, 0.717) is 17.8 Å². The van der Waals surface area contributed by atoms with Gasteiger partial charge in [-0.05, 0) is 68.4 Å². The van der Waals surface area contributed by atoms with E-state index in [1.165, 1.54) is 25.3 Å². The minimum absolute atomic E-state index is 0.0468. The van der Waals surface area contributed by atoms with Gasteiger partial charge in [-0.15, -0.1) is 0 Å². The van der Waals surface area contributed by atoms with Gasteiger partial charge in [-0.2, -0.15) is 0 Å². The van der Waals surface area contributed by atoms with Crippen LogP contribution in [-0.4, -0.2) is 22.1 Å². The number of carboxylic acids is 1. The second-order valence-electron chi connectivity index (χ2n) is 7.66. The molecule has 4 saturated carbocycles. The smallest absolute Gasteiger partial charge is 0.339 e. The summed E-state index contributed by atoms with van der Waals surface area (Å²) in [4.78, 5) is 24.0. The molecule has 0 radical (unpaired) electrons. The van der Waals surface area contributed by atoms with Gasteiger partial charge in [-0.25, -0.2) is 4.79 Å². The van der Waals surface area contributed by atoms with Gasteiger partial charge in [0, 0.05) is 0 Å². The van der Waals surface area contributed by atoms with Crippen LogP contribution in [0.4, 0.5) is 5.69 Å². The molecule has 0 unspecified atom stereocenters. The van der Waals surface area contributed by atoms with Gasteiger partial charge < -0.3 is 15.5 Å². The third-order valence-electron chi connectivity index (χ3n) is 6.03. The van der Waals surface area contributed by atoms with E-state index in [0.717, 1.165) is 19.3 Å². The van der Waals surface area contributed by atoms with E-state index >= 15 is 0 Å². The number of amides is 1. The maximum atomic E-state index is 12.9. The third kappa shape index (κ3) is 2.30. The van der Waals surface area contributed by atoms with Gasteiger partial charge in [0.15, 0.2) is 5.75 Å². The highest BCUT2D eigenvalue weighted by molar-refractivity contribution is 6.00. The lowest BCUT2D eigenvalue weighted by Crippen LogP contribution is -2.51. The number of nitrogens with one attached hydrogen (secondary N) is 1. The fraction of sp³-hybridized carbons (Fsp3) is 0.556. The molecule has 5 rings (SSSR count). The molecule has 0 spiro atoms. The van der Waals surface area contributed by atoms with Crippen molar-refractivity contribution in [1.82, 2.24) is 0 Å². The zero-order chi connectivity index (χ0) is 16.2. The average Bonchev–Trinajstić information content (AvgIpc) is 2.47. The Labute approximate surface area is 134 Å². The number of carbonyl (C=O) groups excluding carboxylic acids is 1. The van der Waals surface area contributed by atoms with E-state index in [9.17, 15) is 14.7 Å². The van der Waals surface area contributed by atoms with Crippen molar-refractivity contribution in [2.45, 2.75) is 38.5 Å². The molecule has 0 saturated heterocycles. The van der Waals surface area contributed by atoms with Crippen molar-refractivity contribution in [3.8, 4) is 5.75 Å². The Kier molecular flexibility index (Phi) is 3.15. The van der Waals surface area contributed by atoms with Crippen LogP contribution in [0.25, 0.3) is 0 Å². The van der Waals surface area contributed by atoms with Crippen LogP contribution in [-0.2, 0) is 4.79 Å². The van der Waals surface area contributed by atoms with Crippen molar-refractivity contribution in [2.75, 3.05) is 5.32 Å².